The topological polar surface area (TPSA) is 74.8 Å². The maximum atomic E-state index is 11.9. The van der Waals surface area contributed by atoms with Crippen molar-refractivity contribution in [2.24, 2.45) is 4.99 Å². The van der Waals surface area contributed by atoms with Gasteiger partial charge in [-0.15, -0.1) is 0 Å². The van der Waals surface area contributed by atoms with E-state index >= 15 is 0 Å². The average molecular weight is 345 g/mol. The molecule has 0 atom stereocenters. The minimum Gasteiger partial charge on any atom is -0.381 e. The van der Waals surface area contributed by atoms with Crippen molar-refractivity contribution in [1.82, 2.24) is 16.0 Å². The van der Waals surface area contributed by atoms with Gasteiger partial charge in [-0.25, -0.2) is 4.99 Å². The van der Waals surface area contributed by atoms with Crippen molar-refractivity contribution in [1.29, 1.82) is 0 Å². The summed E-state index contributed by atoms with van der Waals surface area (Å²) in [7, 11) is 0. The lowest BCUT2D eigenvalue weighted by molar-refractivity contribution is -0.121. The van der Waals surface area contributed by atoms with Crippen molar-refractivity contribution in [2.75, 3.05) is 39.1 Å². The van der Waals surface area contributed by atoms with Crippen LogP contribution < -0.4 is 16.0 Å². The predicted octanol–water partition coefficient (Wildman–Crippen LogP) is 1.37. The second-order valence-electron chi connectivity index (χ2n) is 6.85. The third-order valence-corrected chi connectivity index (χ3v) is 5.07. The van der Waals surface area contributed by atoms with Crippen LogP contribution in [-0.2, 0) is 9.53 Å². The highest BCUT2D eigenvalue weighted by Crippen LogP contribution is 2.32. The van der Waals surface area contributed by atoms with Crippen LogP contribution in [0.15, 0.2) is 4.99 Å². The molecule has 0 spiro atoms. The number of rotatable bonds is 6. The summed E-state index contributed by atoms with van der Waals surface area (Å²) in [5, 5.41) is 9.50. The minimum absolute atomic E-state index is 0.0691. The number of carbonyl (C=O) groups excluding carboxylic acids is 1. The molecule has 7 heteroatoms. The number of nitrogens with one attached hydrogen (secondary N) is 3. The number of hydrogen-bond donors (Lipinski definition) is 3. The zero-order valence-corrected chi connectivity index (χ0v) is 15.9. The van der Waals surface area contributed by atoms with Crippen molar-refractivity contribution < 1.29 is 9.53 Å². The molecule has 23 heavy (non-hydrogen) atoms. The first-order valence-electron chi connectivity index (χ1n) is 8.26. The van der Waals surface area contributed by atoms with Gasteiger partial charge < -0.3 is 20.7 Å². The van der Waals surface area contributed by atoms with Crippen LogP contribution in [0.1, 0.15) is 40.5 Å². The molecule has 0 aromatic carbocycles. The average Bonchev–Trinajstić information content (AvgIpc) is 2.49. The van der Waals surface area contributed by atoms with Crippen LogP contribution >= 0.6 is 11.8 Å². The van der Waals surface area contributed by atoms with E-state index in [0.29, 0.717) is 5.96 Å². The molecule has 6 nitrogen and oxygen atoms in total. The van der Waals surface area contributed by atoms with E-state index < -0.39 is 0 Å². The molecule has 1 aliphatic heterocycles. The van der Waals surface area contributed by atoms with E-state index in [0.717, 1.165) is 39.1 Å². The Balaban J connectivity index is 2.56. The fraction of sp³-hybridized carbons (Fsp3) is 0.875. The zero-order chi connectivity index (χ0) is 17.3. The Morgan fingerprint density at radius 2 is 1.91 bits per heavy atom. The number of carbonyl (C=O) groups is 1. The highest BCUT2D eigenvalue weighted by molar-refractivity contribution is 8.00. The van der Waals surface area contributed by atoms with Gasteiger partial charge in [-0.2, -0.15) is 11.8 Å². The van der Waals surface area contributed by atoms with E-state index in [1.807, 2.05) is 39.5 Å². The first kappa shape index (κ1) is 20.1. The molecule has 1 rings (SSSR count). The monoisotopic (exact) mass is 344 g/mol. The van der Waals surface area contributed by atoms with E-state index in [1.54, 1.807) is 0 Å². The Morgan fingerprint density at radius 3 is 2.43 bits per heavy atom. The van der Waals surface area contributed by atoms with Gasteiger partial charge in [-0.3, -0.25) is 4.79 Å². The predicted molar refractivity (Wildman–Crippen MR) is 98.2 cm³/mol. The fourth-order valence-electron chi connectivity index (χ4n) is 2.39. The van der Waals surface area contributed by atoms with E-state index in [-0.39, 0.29) is 22.7 Å². The van der Waals surface area contributed by atoms with Crippen molar-refractivity contribution in [3.63, 3.8) is 0 Å². The Kier molecular flexibility index (Phi) is 8.19. The first-order valence-corrected chi connectivity index (χ1v) is 9.49. The number of aliphatic imine (C=N–C) groups is 1. The highest BCUT2D eigenvalue weighted by Gasteiger charge is 2.31. The van der Waals surface area contributed by atoms with Gasteiger partial charge in [0, 0.05) is 36.6 Å². The molecule has 0 aromatic heterocycles. The van der Waals surface area contributed by atoms with Crippen LogP contribution in [0, 0.1) is 0 Å². The van der Waals surface area contributed by atoms with E-state index in [2.05, 4.69) is 27.2 Å². The van der Waals surface area contributed by atoms with Crippen LogP contribution in [0.3, 0.4) is 0 Å². The standard InChI is InChI=1S/C16H32N4O2S/c1-6-17-14(18-11-13(21)20-15(2,3)4)19-12-16(23-5)7-9-22-10-8-16/h6-12H2,1-5H3,(H,20,21)(H2,17,18,19). The molecule has 0 aliphatic carbocycles. The lowest BCUT2D eigenvalue weighted by Crippen LogP contribution is -2.48. The maximum absolute atomic E-state index is 11.9. The minimum atomic E-state index is -0.233. The summed E-state index contributed by atoms with van der Waals surface area (Å²) in [5.74, 6) is 0.622. The Labute approximate surface area is 144 Å². The molecule has 0 radical (unpaired) electrons. The van der Waals surface area contributed by atoms with Gasteiger partial charge in [0.1, 0.15) is 6.54 Å². The molecule has 1 aliphatic rings. The third-order valence-electron chi connectivity index (χ3n) is 3.65. The molecule has 0 aromatic rings. The Bertz CT molecular complexity index is 401. The van der Waals surface area contributed by atoms with Gasteiger partial charge in [0.15, 0.2) is 5.96 Å². The summed E-state index contributed by atoms with van der Waals surface area (Å²) in [5.41, 5.74) is -0.233. The lowest BCUT2D eigenvalue weighted by Gasteiger charge is -2.36. The van der Waals surface area contributed by atoms with E-state index in [4.69, 9.17) is 4.74 Å². The number of amides is 1. The van der Waals surface area contributed by atoms with Gasteiger partial charge in [0.2, 0.25) is 5.91 Å². The van der Waals surface area contributed by atoms with Crippen LogP contribution in [-0.4, -0.2) is 61.3 Å². The Hall–Kier alpha value is -0.950. The van der Waals surface area contributed by atoms with Gasteiger partial charge in [0.25, 0.3) is 0 Å². The summed E-state index contributed by atoms with van der Waals surface area (Å²) >= 11 is 1.88. The number of guanidine groups is 1. The second-order valence-corrected chi connectivity index (χ2v) is 8.12. The largest absolute Gasteiger partial charge is 0.381 e. The molecule has 1 saturated heterocycles. The van der Waals surface area contributed by atoms with Crippen molar-refractivity contribution in [3.8, 4) is 0 Å². The van der Waals surface area contributed by atoms with E-state index in [1.165, 1.54) is 0 Å². The smallest absolute Gasteiger partial charge is 0.242 e. The number of hydrogen-bond acceptors (Lipinski definition) is 4. The number of thioether (sulfide) groups is 1. The van der Waals surface area contributed by atoms with Crippen LogP contribution in [0.25, 0.3) is 0 Å². The molecule has 1 heterocycles. The summed E-state index contributed by atoms with van der Waals surface area (Å²) in [4.78, 5) is 16.3. The van der Waals surface area contributed by atoms with Crippen molar-refractivity contribution >= 4 is 23.6 Å². The maximum Gasteiger partial charge on any atom is 0.242 e. The molecule has 1 fully saturated rings. The fourth-order valence-corrected chi connectivity index (χ4v) is 3.18. The molecule has 3 N–H and O–H groups in total. The first-order chi connectivity index (χ1) is 10.8. The molecular weight excluding hydrogens is 312 g/mol. The van der Waals surface area contributed by atoms with Crippen molar-refractivity contribution in [2.45, 2.75) is 50.8 Å². The van der Waals surface area contributed by atoms with Gasteiger partial charge >= 0.3 is 0 Å². The summed E-state index contributed by atoms with van der Waals surface area (Å²) in [6, 6.07) is 0. The van der Waals surface area contributed by atoms with Crippen LogP contribution in [0.5, 0.6) is 0 Å². The SMILES string of the molecule is CCNC(=NCC(=O)NC(C)(C)C)NCC1(SC)CCOCC1. The summed E-state index contributed by atoms with van der Waals surface area (Å²) in [6.07, 6.45) is 4.21. The van der Waals surface area contributed by atoms with Crippen LogP contribution in [0.4, 0.5) is 0 Å². The molecule has 0 unspecified atom stereocenters. The molecule has 0 saturated carbocycles. The quantitative estimate of drug-likeness (QED) is 0.501. The van der Waals surface area contributed by atoms with Gasteiger partial charge in [0.05, 0.1) is 0 Å². The van der Waals surface area contributed by atoms with Gasteiger partial charge in [-0.1, -0.05) is 0 Å². The lowest BCUT2D eigenvalue weighted by atomic mass is 9.99. The number of nitrogens with zero attached hydrogens (tertiary/aromatic N) is 1. The molecule has 1 amide bonds. The molecule has 134 valence electrons. The summed E-state index contributed by atoms with van der Waals surface area (Å²) in [6.45, 7) is 11.2. The van der Waals surface area contributed by atoms with E-state index in [9.17, 15) is 4.79 Å². The highest BCUT2D eigenvalue weighted by atomic mass is 32.2. The molecule has 0 bridgehead atoms. The van der Waals surface area contributed by atoms with Crippen molar-refractivity contribution in [3.05, 3.63) is 0 Å². The molecular formula is C16H32N4O2S. The second kappa shape index (κ2) is 9.37. The third kappa shape index (κ3) is 7.92. The zero-order valence-electron chi connectivity index (χ0n) is 15.1. The number of ether oxygens (including phenoxy) is 1. The summed E-state index contributed by atoms with van der Waals surface area (Å²) < 4.78 is 5.65. The van der Waals surface area contributed by atoms with Gasteiger partial charge in [-0.05, 0) is 46.8 Å². The van der Waals surface area contributed by atoms with Crippen LogP contribution in [0.2, 0.25) is 0 Å². The normalized spacial score (nSPS) is 18.4. The Morgan fingerprint density at radius 1 is 1.26 bits per heavy atom.